The Morgan fingerprint density at radius 2 is 2.00 bits per heavy atom. The number of benzene rings is 2. The molecule has 5 rings (SSSR count). The van der Waals surface area contributed by atoms with Gasteiger partial charge < -0.3 is 14.2 Å². The van der Waals surface area contributed by atoms with Gasteiger partial charge in [0.25, 0.3) is 5.91 Å². The zero-order valence-electron chi connectivity index (χ0n) is 28.6. The first-order chi connectivity index (χ1) is 22.7. The van der Waals surface area contributed by atoms with Gasteiger partial charge in [-0.2, -0.15) is 0 Å². The number of fused-ring (bicyclic) bond motifs is 3. The van der Waals surface area contributed by atoms with Crippen LogP contribution in [0.15, 0.2) is 61.7 Å². The molecule has 0 radical (unpaired) electrons. The number of aryl methyl sites for hydroxylation is 1. The summed E-state index contributed by atoms with van der Waals surface area (Å²) >= 11 is 5.19. The molecule has 1 amide bonds. The van der Waals surface area contributed by atoms with Gasteiger partial charge in [0.05, 0.1) is 23.6 Å². The fourth-order valence-electron chi connectivity index (χ4n) is 7.24. The summed E-state index contributed by atoms with van der Waals surface area (Å²) in [5.74, 6) is 0.512. The third-order valence-corrected chi connectivity index (χ3v) is 13.9. The number of nitrogens with one attached hydrogen (secondary N) is 2. The van der Waals surface area contributed by atoms with Crippen molar-refractivity contribution in [3.8, 4) is 5.75 Å². The Kier molecular flexibility index (Phi) is 11.3. The van der Waals surface area contributed by atoms with E-state index in [1.807, 2.05) is 32.9 Å². The molecule has 1 unspecified atom stereocenters. The monoisotopic (exact) mass is 715 g/mol. The van der Waals surface area contributed by atoms with E-state index >= 15 is 0 Å². The number of rotatable bonds is 12. The molecule has 11 heteroatoms. The minimum Gasteiger partial charge on any atom is -0.598 e. The smallest absolute Gasteiger partial charge is 0.264 e. The Morgan fingerprint density at radius 3 is 2.67 bits per heavy atom. The maximum Gasteiger partial charge on any atom is 0.264 e. The van der Waals surface area contributed by atoms with Crippen LogP contribution in [0, 0.1) is 11.8 Å². The summed E-state index contributed by atoms with van der Waals surface area (Å²) < 4.78 is 50.8. The molecule has 2 aromatic rings. The van der Waals surface area contributed by atoms with Gasteiger partial charge in [0, 0.05) is 40.5 Å². The van der Waals surface area contributed by atoms with E-state index in [4.69, 9.17) is 16.3 Å². The Hall–Kier alpha value is -2.50. The van der Waals surface area contributed by atoms with Crippen LogP contribution in [0.5, 0.6) is 5.75 Å². The molecule has 262 valence electrons. The third-order valence-electron chi connectivity index (χ3n) is 10.3. The Morgan fingerprint density at radius 1 is 1.23 bits per heavy atom. The van der Waals surface area contributed by atoms with Gasteiger partial charge in [-0.1, -0.05) is 29.8 Å². The highest BCUT2D eigenvalue weighted by Crippen LogP contribution is 2.47. The molecule has 0 saturated heterocycles. The second kappa shape index (κ2) is 14.8. The number of ether oxygens (including phenoxy) is 1. The Bertz CT molecular complexity index is 1630. The minimum atomic E-state index is -3.88. The summed E-state index contributed by atoms with van der Waals surface area (Å²) in [6, 6.07) is 11.2. The molecule has 1 heterocycles. The van der Waals surface area contributed by atoms with Gasteiger partial charge in [0.1, 0.15) is 10.5 Å². The van der Waals surface area contributed by atoms with E-state index in [0.717, 1.165) is 42.8 Å². The van der Waals surface area contributed by atoms with Crippen molar-refractivity contribution >= 4 is 44.6 Å². The van der Waals surface area contributed by atoms with E-state index in [1.54, 1.807) is 31.2 Å². The van der Waals surface area contributed by atoms with E-state index in [-0.39, 0.29) is 28.9 Å². The lowest BCUT2D eigenvalue weighted by Crippen LogP contribution is -2.53. The van der Waals surface area contributed by atoms with Gasteiger partial charge in [0.15, 0.2) is 0 Å². The lowest BCUT2D eigenvalue weighted by atomic mass is 9.68. The number of hydrogen-bond donors (Lipinski definition) is 2. The Labute approximate surface area is 295 Å². The summed E-state index contributed by atoms with van der Waals surface area (Å²) in [4.78, 5) is 15.8. The van der Waals surface area contributed by atoms with Crippen LogP contribution in [-0.2, 0) is 33.2 Å². The van der Waals surface area contributed by atoms with Gasteiger partial charge in [-0.15, -0.1) is 17.9 Å². The highest BCUT2D eigenvalue weighted by atomic mass is 35.5. The molecule has 1 spiro atoms. The lowest BCUT2D eigenvalue weighted by Gasteiger charge is -2.46. The van der Waals surface area contributed by atoms with Crippen LogP contribution in [-0.4, -0.2) is 54.6 Å². The molecule has 6 atom stereocenters. The first-order valence-corrected chi connectivity index (χ1v) is 20.0. The van der Waals surface area contributed by atoms with E-state index in [1.165, 1.54) is 11.1 Å². The highest BCUT2D eigenvalue weighted by Gasteiger charge is 2.45. The van der Waals surface area contributed by atoms with Gasteiger partial charge in [-0.3, -0.25) is 4.79 Å². The summed E-state index contributed by atoms with van der Waals surface area (Å²) in [7, 11) is -3.88. The van der Waals surface area contributed by atoms with Crippen molar-refractivity contribution in [3.63, 3.8) is 0 Å². The molecule has 3 aliphatic rings. The molecule has 1 fully saturated rings. The Balaban J connectivity index is 1.48. The van der Waals surface area contributed by atoms with E-state index in [0.29, 0.717) is 38.3 Å². The van der Waals surface area contributed by atoms with Crippen LogP contribution in [0.3, 0.4) is 0 Å². The first kappa shape index (κ1) is 36.8. The summed E-state index contributed by atoms with van der Waals surface area (Å²) in [6.07, 6.45) is 9.35. The van der Waals surface area contributed by atoms with E-state index < -0.39 is 37.3 Å². The largest absolute Gasteiger partial charge is 0.598 e. The predicted octanol–water partition coefficient (Wildman–Crippen LogP) is 6.86. The molecule has 1 aliphatic heterocycles. The maximum atomic E-state index is 13.4. The van der Waals surface area contributed by atoms with Crippen LogP contribution < -0.4 is 19.1 Å². The molecule has 1 saturated carbocycles. The zero-order chi connectivity index (χ0) is 34.9. The molecule has 2 aliphatic carbocycles. The van der Waals surface area contributed by atoms with Crippen molar-refractivity contribution in [1.82, 2.24) is 9.44 Å². The van der Waals surface area contributed by atoms with Crippen LogP contribution in [0.4, 0.5) is 5.69 Å². The number of halogens is 1. The van der Waals surface area contributed by atoms with Gasteiger partial charge in [0.2, 0.25) is 10.0 Å². The number of anilines is 1. The number of nitrogens with zero attached hydrogens (tertiary/aromatic N) is 1. The summed E-state index contributed by atoms with van der Waals surface area (Å²) in [6.45, 7) is 17.1. The maximum absolute atomic E-state index is 13.4. The van der Waals surface area contributed by atoms with Gasteiger partial charge >= 0.3 is 0 Å². The van der Waals surface area contributed by atoms with E-state index in [2.05, 4.69) is 39.6 Å². The van der Waals surface area contributed by atoms with Crippen molar-refractivity contribution < 1.29 is 22.5 Å². The van der Waals surface area contributed by atoms with Crippen molar-refractivity contribution in [3.05, 3.63) is 83.4 Å². The number of carbonyl (C=O) groups excluding carboxylic acids is 1. The third kappa shape index (κ3) is 7.94. The minimum absolute atomic E-state index is 0.108. The number of hydrogen-bond acceptors (Lipinski definition) is 7. The number of sulfonamides is 1. The molecular formula is C37H50ClN3O5S2. The fraction of sp³-hybridized carbons (Fsp3) is 0.541. The van der Waals surface area contributed by atoms with Gasteiger partial charge in [-0.05, 0) is 126 Å². The number of amides is 1. The topological polar surface area (TPSA) is 111 Å². The van der Waals surface area contributed by atoms with Crippen LogP contribution >= 0.6 is 11.6 Å². The first-order valence-electron chi connectivity index (χ1n) is 17.0. The summed E-state index contributed by atoms with van der Waals surface area (Å²) in [5, 5.41) is -0.0211. The molecule has 2 N–H and O–H groups in total. The predicted molar refractivity (Wildman–Crippen MR) is 197 cm³/mol. The van der Waals surface area contributed by atoms with Gasteiger partial charge in [-0.25, -0.2) is 13.1 Å². The van der Waals surface area contributed by atoms with Crippen LogP contribution in [0.2, 0.25) is 5.02 Å². The normalized spacial score (nSPS) is 24.2. The zero-order valence-corrected chi connectivity index (χ0v) is 31.0. The molecule has 8 nitrogen and oxygen atoms in total. The molecule has 0 bridgehead atoms. The SMILES string of the molecule is C=CCC[C@@H](C)S(=O)(=O)NC(=O)c1ccc2c(c1)N(C[C@@H]1CC[C@H]1[C@H](C=C)N[S+]([O-])C(C)(C)C)C[C@@]1(CCCc3cc(Cl)ccc31)CO2. The lowest BCUT2D eigenvalue weighted by molar-refractivity contribution is 0.0981. The van der Waals surface area contributed by atoms with Crippen molar-refractivity contribution in [2.45, 2.75) is 94.1 Å². The van der Waals surface area contributed by atoms with Crippen molar-refractivity contribution in [2.24, 2.45) is 11.8 Å². The molecular weight excluding hydrogens is 666 g/mol. The average Bonchev–Trinajstić information content (AvgIpc) is 3.17. The fourth-order valence-corrected chi connectivity index (χ4v) is 9.33. The standard InChI is InChI=1S/C37H50ClN3O5S2/c1-7-9-11-25(3)48(44,45)40-35(42)27-14-18-34-33(21-27)41(22-28-13-16-30(28)32(8-2)39-47(43)36(4,5)6)23-37(24-46-34)19-10-12-26-20-29(38)15-17-31(26)37/h7-8,14-15,17-18,20-21,25,28,30,32,39H,1-2,9-13,16,19,22-24H2,3-6H3,(H,40,42)/t25-,28+,30-,32+,37+,47?/m1/s1. The molecule has 0 aromatic heterocycles. The second-order valence-electron chi connectivity index (χ2n) is 14.7. The molecule has 2 aromatic carbocycles. The van der Waals surface area contributed by atoms with Crippen molar-refractivity contribution in [1.29, 1.82) is 0 Å². The number of allylic oxidation sites excluding steroid dienone is 1. The van der Waals surface area contributed by atoms with Crippen LogP contribution in [0.25, 0.3) is 0 Å². The summed E-state index contributed by atoms with van der Waals surface area (Å²) in [5.41, 5.74) is 3.20. The number of carbonyl (C=O) groups is 1. The highest BCUT2D eigenvalue weighted by molar-refractivity contribution is 7.91. The van der Waals surface area contributed by atoms with Crippen molar-refractivity contribution in [2.75, 3.05) is 24.6 Å². The average molecular weight is 716 g/mol. The molecule has 48 heavy (non-hydrogen) atoms. The second-order valence-corrected chi connectivity index (χ2v) is 19.2. The van der Waals surface area contributed by atoms with Crippen LogP contribution in [0.1, 0.15) is 87.7 Å². The quantitative estimate of drug-likeness (QED) is 0.183. The van der Waals surface area contributed by atoms with E-state index in [9.17, 15) is 17.8 Å².